The highest BCUT2D eigenvalue weighted by Crippen LogP contribution is 2.14. The van der Waals surface area contributed by atoms with Gasteiger partial charge in [-0.1, -0.05) is 17.7 Å². The SMILES string of the molecule is CCNC(=S)N/N=C/c1ccc(OC(=O)c2cccc(C)c2)cc1. The summed E-state index contributed by atoms with van der Waals surface area (Å²) in [5, 5.41) is 7.42. The summed E-state index contributed by atoms with van der Waals surface area (Å²) in [5.74, 6) is 0.104. The third kappa shape index (κ3) is 5.48. The molecule has 0 aromatic heterocycles. The molecule has 0 aliphatic rings. The van der Waals surface area contributed by atoms with Crippen molar-refractivity contribution >= 4 is 29.5 Å². The van der Waals surface area contributed by atoms with E-state index in [1.807, 2.05) is 26.0 Å². The lowest BCUT2D eigenvalue weighted by molar-refractivity contribution is 0.0734. The number of nitrogens with one attached hydrogen (secondary N) is 2. The number of carbonyl (C=O) groups is 1. The molecule has 2 N–H and O–H groups in total. The minimum absolute atomic E-state index is 0.377. The largest absolute Gasteiger partial charge is 0.423 e. The van der Waals surface area contributed by atoms with Crippen LogP contribution >= 0.6 is 12.2 Å². The van der Waals surface area contributed by atoms with Crippen molar-refractivity contribution in [3.63, 3.8) is 0 Å². The lowest BCUT2D eigenvalue weighted by atomic mass is 10.1. The Morgan fingerprint density at radius 2 is 2.00 bits per heavy atom. The number of thiocarbonyl (C=S) groups is 1. The number of carbonyl (C=O) groups excluding carboxylic acids is 1. The maximum Gasteiger partial charge on any atom is 0.343 e. The molecule has 0 unspecified atom stereocenters. The molecule has 0 amide bonds. The summed E-state index contributed by atoms with van der Waals surface area (Å²) in [6, 6.07) is 14.3. The molecule has 124 valence electrons. The van der Waals surface area contributed by atoms with Crippen molar-refractivity contribution in [2.24, 2.45) is 5.10 Å². The summed E-state index contributed by atoms with van der Waals surface area (Å²) in [6.45, 7) is 4.62. The average Bonchev–Trinajstić information content (AvgIpc) is 2.57. The van der Waals surface area contributed by atoms with Gasteiger partial charge in [0.05, 0.1) is 11.8 Å². The first-order valence-corrected chi connectivity index (χ1v) is 7.95. The maximum absolute atomic E-state index is 12.1. The number of hydrazone groups is 1. The van der Waals surface area contributed by atoms with Crippen molar-refractivity contribution in [1.29, 1.82) is 0 Å². The van der Waals surface area contributed by atoms with E-state index in [1.54, 1.807) is 42.6 Å². The second kappa shape index (κ2) is 8.79. The summed E-state index contributed by atoms with van der Waals surface area (Å²) < 4.78 is 5.36. The first kappa shape index (κ1) is 17.6. The van der Waals surface area contributed by atoms with Crippen LogP contribution in [0.1, 0.15) is 28.4 Å². The Bertz CT molecular complexity index is 742. The van der Waals surface area contributed by atoms with Crippen LogP contribution in [0.2, 0.25) is 0 Å². The quantitative estimate of drug-likeness (QED) is 0.288. The smallest absolute Gasteiger partial charge is 0.343 e. The monoisotopic (exact) mass is 341 g/mol. The van der Waals surface area contributed by atoms with Crippen LogP contribution < -0.4 is 15.5 Å². The summed E-state index contributed by atoms with van der Waals surface area (Å²) in [5.41, 5.74) is 5.11. The van der Waals surface area contributed by atoms with E-state index in [1.165, 1.54) is 0 Å². The molecule has 0 atom stereocenters. The van der Waals surface area contributed by atoms with Crippen LogP contribution in [0.5, 0.6) is 5.75 Å². The molecule has 2 aromatic carbocycles. The van der Waals surface area contributed by atoms with Crippen molar-refractivity contribution in [2.75, 3.05) is 6.54 Å². The molecule has 0 saturated carbocycles. The maximum atomic E-state index is 12.1. The van der Waals surface area contributed by atoms with Gasteiger partial charge < -0.3 is 10.1 Å². The average molecular weight is 341 g/mol. The Kier molecular flexibility index (Phi) is 6.45. The van der Waals surface area contributed by atoms with E-state index >= 15 is 0 Å². The number of aryl methyl sites for hydroxylation is 1. The molecule has 0 heterocycles. The van der Waals surface area contributed by atoms with Gasteiger partial charge in [-0.3, -0.25) is 5.43 Å². The van der Waals surface area contributed by atoms with Gasteiger partial charge in [-0.2, -0.15) is 5.10 Å². The molecule has 0 saturated heterocycles. The Hall–Kier alpha value is -2.73. The van der Waals surface area contributed by atoms with Gasteiger partial charge in [0.25, 0.3) is 0 Å². The lowest BCUT2D eigenvalue weighted by Gasteiger charge is -2.05. The fraction of sp³-hybridized carbons (Fsp3) is 0.167. The predicted octanol–water partition coefficient (Wildman–Crippen LogP) is 3.03. The summed E-state index contributed by atoms with van der Waals surface area (Å²) in [4.78, 5) is 12.1. The van der Waals surface area contributed by atoms with E-state index in [9.17, 15) is 4.79 Å². The molecule has 24 heavy (non-hydrogen) atoms. The molecule has 0 aliphatic carbocycles. The van der Waals surface area contributed by atoms with E-state index in [0.29, 0.717) is 16.4 Å². The lowest BCUT2D eigenvalue weighted by Crippen LogP contribution is -2.31. The molecule has 0 radical (unpaired) electrons. The van der Waals surface area contributed by atoms with Gasteiger partial charge in [0.15, 0.2) is 5.11 Å². The van der Waals surface area contributed by atoms with Gasteiger partial charge >= 0.3 is 5.97 Å². The molecule has 0 bridgehead atoms. The van der Waals surface area contributed by atoms with Gasteiger partial charge in [-0.15, -0.1) is 0 Å². The minimum atomic E-state index is -0.377. The highest BCUT2D eigenvalue weighted by Gasteiger charge is 2.08. The van der Waals surface area contributed by atoms with Crippen LogP contribution in [-0.2, 0) is 0 Å². The first-order chi connectivity index (χ1) is 11.6. The zero-order valence-electron chi connectivity index (χ0n) is 13.6. The zero-order valence-corrected chi connectivity index (χ0v) is 14.4. The van der Waals surface area contributed by atoms with Gasteiger partial charge in [-0.25, -0.2) is 4.79 Å². The van der Waals surface area contributed by atoms with E-state index in [2.05, 4.69) is 15.8 Å². The fourth-order valence-corrected chi connectivity index (χ4v) is 2.12. The Labute approximate surface area is 146 Å². The molecular weight excluding hydrogens is 322 g/mol. The summed E-state index contributed by atoms with van der Waals surface area (Å²) in [6.07, 6.45) is 1.63. The molecule has 0 spiro atoms. The Morgan fingerprint density at radius 3 is 2.67 bits per heavy atom. The van der Waals surface area contributed by atoms with Crippen molar-refractivity contribution in [3.05, 3.63) is 65.2 Å². The third-order valence-electron chi connectivity index (χ3n) is 3.06. The van der Waals surface area contributed by atoms with Crippen LogP contribution in [0.15, 0.2) is 53.6 Å². The molecule has 6 heteroatoms. The normalized spacial score (nSPS) is 10.4. The number of benzene rings is 2. The van der Waals surface area contributed by atoms with E-state index in [-0.39, 0.29) is 5.97 Å². The van der Waals surface area contributed by atoms with Gasteiger partial charge in [-0.05, 0) is 68.0 Å². The second-order valence-corrected chi connectivity index (χ2v) is 5.47. The number of nitrogens with zero attached hydrogens (tertiary/aromatic N) is 1. The minimum Gasteiger partial charge on any atom is -0.423 e. The number of ether oxygens (including phenoxy) is 1. The standard InChI is InChI=1S/C18H19N3O2S/c1-3-19-18(24)21-20-12-14-7-9-16(10-8-14)23-17(22)15-6-4-5-13(2)11-15/h4-12H,3H2,1-2H3,(H2,19,21,24)/b20-12+. The van der Waals surface area contributed by atoms with Crippen molar-refractivity contribution in [1.82, 2.24) is 10.7 Å². The topological polar surface area (TPSA) is 62.7 Å². The highest BCUT2D eigenvalue weighted by molar-refractivity contribution is 7.80. The number of rotatable bonds is 5. The van der Waals surface area contributed by atoms with Crippen LogP contribution in [0.25, 0.3) is 0 Å². The first-order valence-electron chi connectivity index (χ1n) is 7.54. The molecule has 2 rings (SSSR count). The van der Waals surface area contributed by atoms with Gasteiger partial charge in [0, 0.05) is 6.54 Å². The van der Waals surface area contributed by atoms with Crippen LogP contribution in [0.3, 0.4) is 0 Å². The Balaban J connectivity index is 1.93. The van der Waals surface area contributed by atoms with Crippen molar-refractivity contribution < 1.29 is 9.53 Å². The molecule has 0 fully saturated rings. The number of esters is 1. The Morgan fingerprint density at radius 1 is 1.25 bits per heavy atom. The van der Waals surface area contributed by atoms with Crippen LogP contribution in [0.4, 0.5) is 0 Å². The third-order valence-corrected chi connectivity index (χ3v) is 3.30. The number of hydrogen-bond acceptors (Lipinski definition) is 4. The van der Waals surface area contributed by atoms with Crippen molar-refractivity contribution in [3.8, 4) is 5.75 Å². The van der Waals surface area contributed by atoms with Crippen LogP contribution in [-0.4, -0.2) is 23.8 Å². The van der Waals surface area contributed by atoms with Crippen LogP contribution in [0, 0.1) is 6.92 Å². The van der Waals surface area contributed by atoms with Gasteiger partial charge in [0.2, 0.25) is 0 Å². The summed E-state index contributed by atoms with van der Waals surface area (Å²) >= 11 is 5.00. The summed E-state index contributed by atoms with van der Waals surface area (Å²) in [7, 11) is 0. The van der Waals surface area contributed by atoms with Gasteiger partial charge in [0.1, 0.15) is 5.75 Å². The highest BCUT2D eigenvalue weighted by atomic mass is 32.1. The number of hydrogen-bond donors (Lipinski definition) is 2. The van der Waals surface area contributed by atoms with Crippen molar-refractivity contribution in [2.45, 2.75) is 13.8 Å². The fourth-order valence-electron chi connectivity index (χ4n) is 1.93. The van der Waals surface area contributed by atoms with E-state index in [4.69, 9.17) is 17.0 Å². The molecule has 2 aromatic rings. The van der Waals surface area contributed by atoms with E-state index in [0.717, 1.165) is 17.7 Å². The molecule has 0 aliphatic heterocycles. The molecule has 5 nitrogen and oxygen atoms in total. The molecular formula is C18H19N3O2S. The zero-order chi connectivity index (χ0) is 17.4. The second-order valence-electron chi connectivity index (χ2n) is 5.06. The predicted molar refractivity (Wildman–Crippen MR) is 99.6 cm³/mol. The van der Waals surface area contributed by atoms with E-state index < -0.39 is 0 Å².